The van der Waals surface area contributed by atoms with E-state index in [1.807, 2.05) is 49.5 Å². The van der Waals surface area contributed by atoms with Gasteiger partial charge in [-0.05, 0) is 62.9 Å². The van der Waals surface area contributed by atoms with Gasteiger partial charge in [0.2, 0.25) is 5.91 Å². The molecule has 2 aliphatic rings. The van der Waals surface area contributed by atoms with Crippen molar-refractivity contribution in [2.75, 3.05) is 6.54 Å². The molecule has 7 nitrogen and oxygen atoms in total. The molecular weight excluding hydrogens is 448 g/mol. The zero-order valence-electron chi connectivity index (χ0n) is 19.5. The fourth-order valence-electron chi connectivity index (χ4n) is 5.97. The zero-order valence-corrected chi connectivity index (χ0v) is 20.3. The number of carbonyl (C=O) groups is 1. The number of fused-ring (bicyclic) bond motifs is 3. The van der Waals surface area contributed by atoms with Crippen LogP contribution in [0.4, 0.5) is 0 Å². The minimum atomic E-state index is -3.71. The molecule has 180 valence electrons. The molecule has 1 aromatic heterocycles. The first kappa shape index (κ1) is 23.1. The summed E-state index contributed by atoms with van der Waals surface area (Å²) in [7, 11) is -3.71. The van der Waals surface area contributed by atoms with Crippen LogP contribution in [0.5, 0.6) is 0 Å². The molecule has 3 unspecified atom stereocenters. The van der Waals surface area contributed by atoms with E-state index in [1.165, 1.54) is 10.4 Å². The van der Waals surface area contributed by atoms with Gasteiger partial charge in [-0.3, -0.25) is 15.1 Å². The maximum absolute atomic E-state index is 13.6. The van der Waals surface area contributed by atoms with Gasteiger partial charge in [-0.15, -0.1) is 0 Å². The number of carbonyl (C=O) groups excluding carboxylic acids is 1. The first-order valence-corrected chi connectivity index (χ1v) is 13.5. The Bertz CT molecular complexity index is 1300. The lowest BCUT2D eigenvalue weighted by atomic mass is 9.90. The van der Waals surface area contributed by atoms with Crippen molar-refractivity contribution < 1.29 is 13.2 Å². The highest BCUT2D eigenvalue weighted by Crippen LogP contribution is 2.47. The lowest BCUT2D eigenvalue weighted by molar-refractivity contribution is -0.121. The lowest BCUT2D eigenvalue weighted by Crippen LogP contribution is -2.41. The molecule has 5 rings (SSSR count). The Labute approximate surface area is 200 Å². The predicted octanol–water partition coefficient (Wildman–Crippen LogP) is 3.67. The van der Waals surface area contributed by atoms with E-state index < -0.39 is 10.0 Å². The monoisotopic (exact) mass is 480 g/mol. The summed E-state index contributed by atoms with van der Waals surface area (Å²) >= 11 is 0. The van der Waals surface area contributed by atoms with Crippen molar-refractivity contribution in [3.63, 3.8) is 0 Å². The smallest absolute Gasteiger partial charge is 0.268 e. The van der Waals surface area contributed by atoms with Crippen LogP contribution in [0.2, 0.25) is 0 Å². The average molecular weight is 481 g/mol. The van der Waals surface area contributed by atoms with Crippen molar-refractivity contribution in [1.29, 1.82) is 0 Å². The summed E-state index contributed by atoms with van der Waals surface area (Å²) in [5, 5.41) is 1.01. The van der Waals surface area contributed by atoms with Crippen molar-refractivity contribution in [2.45, 2.75) is 68.3 Å². The number of para-hydroxylation sites is 1. The SMILES string of the molecule is Cc1ccc(S(=O)(=O)n2cc(C3CC4CCCC3N4CCCC(=O)NN)c3ccccc32)cc1. The second-order valence-electron chi connectivity index (χ2n) is 9.62. The van der Waals surface area contributed by atoms with Crippen molar-refractivity contribution in [1.82, 2.24) is 14.3 Å². The van der Waals surface area contributed by atoms with Gasteiger partial charge in [0, 0.05) is 36.0 Å². The van der Waals surface area contributed by atoms with E-state index >= 15 is 0 Å². The third kappa shape index (κ3) is 4.04. The number of aromatic nitrogens is 1. The van der Waals surface area contributed by atoms with Crippen molar-refractivity contribution in [3.8, 4) is 0 Å². The molecule has 3 aromatic rings. The molecule has 2 fully saturated rings. The number of benzene rings is 2. The highest BCUT2D eigenvalue weighted by molar-refractivity contribution is 7.90. The molecule has 0 radical (unpaired) electrons. The number of hydrogen-bond acceptors (Lipinski definition) is 5. The Balaban J connectivity index is 1.50. The Morgan fingerprint density at radius 1 is 1.12 bits per heavy atom. The fraction of sp³-hybridized carbons (Fsp3) is 0.423. The van der Waals surface area contributed by atoms with Crippen LogP contribution in [-0.2, 0) is 14.8 Å². The molecule has 8 heteroatoms. The summed E-state index contributed by atoms with van der Waals surface area (Å²) in [5.74, 6) is 5.37. The van der Waals surface area contributed by atoms with Crippen molar-refractivity contribution in [3.05, 3.63) is 65.9 Å². The van der Waals surface area contributed by atoms with E-state index in [2.05, 4.69) is 10.3 Å². The van der Waals surface area contributed by atoms with Crippen LogP contribution in [0.25, 0.3) is 10.9 Å². The summed E-state index contributed by atoms with van der Waals surface area (Å²) in [6.45, 7) is 2.81. The highest BCUT2D eigenvalue weighted by atomic mass is 32.2. The van der Waals surface area contributed by atoms with Gasteiger partial charge < -0.3 is 0 Å². The van der Waals surface area contributed by atoms with E-state index in [9.17, 15) is 13.2 Å². The summed E-state index contributed by atoms with van der Waals surface area (Å²) in [6, 6.07) is 15.7. The maximum Gasteiger partial charge on any atom is 0.268 e. The van der Waals surface area contributed by atoms with Crippen LogP contribution >= 0.6 is 0 Å². The second kappa shape index (κ2) is 9.17. The third-order valence-corrected chi connectivity index (χ3v) is 9.28. The molecular formula is C26H32N4O3S. The molecule has 0 aliphatic carbocycles. The number of nitrogens with two attached hydrogens (primary N) is 1. The first-order valence-electron chi connectivity index (χ1n) is 12.1. The summed E-state index contributed by atoms with van der Waals surface area (Å²) in [6.07, 6.45) is 7.51. The molecule has 2 saturated heterocycles. The van der Waals surface area contributed by atoms with Gasteiger partial charge in [0.15, 0.2) is 0 Å². The molecule has 1 amide bonds. The Hall–Kier alpha value is -2.68. The average Bonchev–Trinajstić information content (AvgIpc) is 3.31. The molecule has 0 spiro atoms. The molecule has 34 heavy (non-hydrogen) atoms. The quantitative estimate of drug-likeness (QED) is 0.306. The number of piperidine rings is 1. The zero-order chi connectivity index (χ0) is 23.9. The molecule has 2 aromatic carbocycles. The molecule has 3 N–H and O–H groups in total. The van der Waals surface area contributed by atoms with Gasteiger partial charge in [0.25, 0.3) is 10.0 Å². The van der Waals surface area contributed by atoms with Gasteiger partial charge in [-0.1, -0.05) is 42.3 Å². The van der Waals surface area contributed by atoms with Crippen LogP contribution in [0.1, 0.15) is 55.6 Å². The van der Waals surface area contributed by atoms with Crippen LogP contribution in [-0.4, -0.2) is 41.8 Å². The Morgan fingerprint density at radius 3 is 2.65 bits per heavy atom. The lowest BCUT2D eigenvalue weighted by Gasteiger charge is -2.35. The molecule has 0 saturated carbocycles. The van der Waals surface area contributed by atoms with Gasteiger partial charge >= 0.3 is 0 Å². The van der Waals surface area contributed by atoms with Crippen molar-refractivity contribution >= 4 is 26.8 Å². The molecule has 3 atom stereocenters. The topological polar surface area (TPSA) is 97.4 Å². The minimum Gasteiger partial charge on any atom is -0.297 e. The van der Waals surface area contributed by atoms with E-state index in [1.54, 1.807) is 12.1 Å². The molecule has 2 aliphatic heterocycles. The summed E-state index contributed by atoms with van der Waals surface area (Å²) in [5.41, 5.74) is 5.08. The van der Waals surface area contributed by atoms with Crippen LogP contribution < -0.4 is 11.3 Å². The van der Waals surface area contributed by atoms with Crippen LogP contribution in [0.3, 0.4) is 0 Å². The van der Waals surface area contributed by atoms with Crippen LogP contribution in [0, 0.1) is 6.92 Å². The number of nitrogens with zero attached hydrogens (tertiary/aromatic N) is 2. The van der Waals surface area contributed by atoms with Gasteiger partial charge in [-0.2, -0.15) is 0 Å². The third-order valence-electron chi connectivity index (χ3n) is 7.59. The Morgan fingerprint density at radius 2 is 1.88 bits per heavy atom. The largest absolute Gasteiger partial charge is 0.297 e. The van der Waals surface area contributed by atoms with E-state index in [-0.39, 0.29) is 11.8 Å². The second-order valence-corrected chi connectivity index (χ2v) is 11.4. The molecule has 3 heterocycles. The number of hydrazine groups is 1. The number of rotatable bonds is 7. The molecule has 2 bridgehead atoms. The highest BCUT2D eigenvalue weighted by Gasteiger charge is 2.44. The van der Waals surface area contributed by atoms with Gasteiger partial charge in [-0.25, -0.2) is 18.2 Å². The summed E-state index contributed by atoms with van der Waals surface area (Å²) in [4.78, 5) is 14.4. The number of hydrogen-bond donors (Lipinski definition) is 2. The standard InChI is InChI=1S/C26H32N4O3S/c1-18-11-13-20(14-12-18)34(32,33)30-17-23(21-7-2-3-8-25(21)30)22-16-19-6-4-9-24(22)29(19)15-5-10-26(31)28-27/h2-3,7-8,11-14,17,19,22,24H,4-6,9-10,15-16,27H2,1H3,(H,28,31). The normalized spacial score (nSPS) is 22.8. The summed E-state index contributed by atoms with van der Waals surface area (Å²) < 4.78 is 28.7. The van der Waals surface area contributed by atoms with Crippen LogP contribution in [0.15, 0.2) is 59.6 Å². The number of amides is 1. The van der Waals surface area contributed by atoms with E-state index in [0.29, 0.717) is 23.4 Å². The van der Waals surface area contributed by atoms with E-state index in [4.69, 9.17) is 5.84 Å². The Kier molecular flexibility index (Phi) is 6.22. The fourth-order valence-corrected chi connectivity index (χ4v) is 7.35. The number of aryl methyl sites for hydroxylation is 1. The predicted molar refractivity (Wildman–Crippen MR) is 133 cm³/mol. The van der Waals surface area contributed by atoms with Gasteiger partial charge in [0.1, 0.15) is 0 Å². The minimum absolute atomic E-state index is 0.134. The maximum atomic E-state index is 13.6. The van der Waals surface area contributed by atoms with E-state index in [0.717, 1.165) is 54.3 Å². The first-order chi connectivity index (χ1) is 16.4. The van der Waals surface area contributed by atoms with Crippen molar-refractivity contribution in [2.24, 2.45) is 5.84 Å². The number of nitrogens with one attached hydrogen (secondary N) is 1. The van der Waals surface area contributed by atoms with Gasteiger partial charge in [0.05, 0.1) is 10.4 Å².